The summed E-state index contributed by atoms with van der Waals surface area (Å²) in [7, 11) is 0. The fourth-order valence-electron chi connectivity index (χ4n) is 2.79. The Hall–Kier alpha value is -2.85. The maximum Gasteiger partial charge on any atom is 0.261 e. The zero-order valence-corrected chi connectivity index (χ0v) is 12.1. The molecule has 0 saturated carbocycles. The molecular weight excluding hydrogens is 280 g/mol. The van der Waals surface area contributed by atoms with Gasteiger partial charge in [-0.3, -0.25) is 14.5 Å². The second-order valence-electron chi connectivity index (χ2n) is 5.17. The van der Waals surface area contributed by atoms with Crippen LogP contribution in [0, 0.1) is 0 Å². The summed E-state index contributed by atoms with van der Waals surface area (Å²) in [5.41, 5.74) is 10.0. The van der Waals surface area contributed by atoms with E-state index in [0.717, 1.165) is 12.8 Å². The molecule has 2 aromatic carbocycles. The zero-order valence-electron chi connectivity index (χ0n) is 12.1. The predicted molar refractivity (Wildman–Crippen MR) is 83.0 cm³/mol. The van der Waals surface area contributed by atoms with E-state index in [9.17, 15) is 9.59 Å². The Balaban J connectivity index is 2.25. The molecular formula is C16H14N4O2. The van der Waals surface area contributed by atoms with E-state index < -0.39 is 0 Å². The molecule has 0 fully saturated rings. The number of nitrogens with zero attached hydrogens (tertiary/aromatic N) is 4. The number of hydrogen-bond donors (Lipinski definition) is 0. The summed E-state index contributed by atoms with van der Waals surface area (Å²) >= 11 is 0. The van der Waals surface area contributed by atoms with Crippen LogP contribution in [0.5, 0.6) is 0 Å². The molecule has 0 radical (unpaired) electrons. The highest BCUT2D eigenvalue weighted by Crippen LogP contribution is 2.35. The highest BCUT2D eigenvalue weighted by Gasteiger charge is 2.32. The molecule has 2 aromatic rings. The number of unbranched alkanes of at least 4 members (excludes halogenated alkanes) is 1. The molecule has 1 aliphatic rings. The lowest BCUT2D eigenvalue weighted by Crippen LogP contribution is -2.40. The lowest BCUT2D eigenvalue weighted by Gasteiger charge is -2.27. The van der Waals surface area contributed by atoms with Crippen LogP contribution in [0.15, 0.2) is 35.4 Å². The van der Waals surface area contributed by atoms with Crippen molar-refractivity contribution in [3.8, 4) is 0 Å². The molecule has 6 nitrogen and oxygen atoms in total. The monoisotopic (exact) mass is 294 g/mol. The minimum atomic E-state index is -0.283. The second-order valence-corrected chi connectivity index (χ2v) is 5.17. The molecule has 0 spiro atoms. The fourth-order valence-corrected chi connectivity index (χ4v) is 2.79. The largest absolute Gasteiger partial charge is 0.274 e. The Labute approximate surface area is 127 Å². The molecule has 1 aliphatic heterocycles. The third-order valence-electron chi connectivity index (χ3n) is 3.86. The highest BCUT2D eigenvalue weighted by molar-refractivity contribution is 6.26. The van der Waals surface area contributed by atoms with Crippen LogP contribution in [0.25, 0.3) is 21.2 Å². The van der Waals surface area contributed by atoms with Gasteiger partial charge in [-0.1, -0.05) is 36.7 Å². The van der Waals surface area contributed by atoms with Crippen LogP contribution in [-0.4, -0.2) is 23.3 Å². The molecule has 0 aliphatic carbocycles. The van der Waals surface area contributed by atoms with E-state index in [1.54, 1.807) is 30.3 Å². The number of rotatable bonds is 4. The Morgan fingerprint density at radius 3 is 2.55 bits per heavy atom. The van der Waals surface area contributed by atoms with Gasteiger partial charge < -0.3 is 0 Å². The van der Waals surface area contributed by atoms with Crippen molar-refractivity contribution in [1.82, 2.24) is 4.90 Å². The normalized spacial score (nSPS) is 13.4. The number of benzene rings is 2. The molecule has 1 heterocycles. The van der Waals surface area contributed by atoms with Gasteiger partial charge in [-0.15, -0.1) is 0 Å². The Morgan fingerprint density at radius 1 is 1.14 bits per heavy atom. The Bertz CT molecular complexity index is 815. The van der Waals surface area contributed by atoms with Gasteiger partial charge in [-0.05, 0) is 29.5 Å². The number of carbonyl (C=O) groups excluding carboxylic acids is 2. The van der Waals surface area contributed by atoms with E-state index in [4.69, 9.17) is 5.53 Å². The molecule has 0 N–H and O–H groups in total. The third-order valence-corrected chi connectivity index (χ3v) is 3.86. The van der Waals surface area contributed by atoms with E-state index in [1.165, 1.54) is 4.90 Å². The Kier molecular flexibility index (Phi) is 3.53. The molecule has 3 rings (SSSR count). The summed E-state index contributed by atoms with van der Waals surface area (Å²) in [5, 5.41) is 4.85. The van der Waals surface area contributed by atoms with E-state index >= 15 is 0 Å². The number of hydrogen-bond acceptors (Lipinski definition) is 3. The van der Waals surface area contributed by atoms with Gasteiger partial charge in [0.1, 0.15) is 0 Å². The number of carbonyl (C=O) groups is 2. The highest BCUT2D eigenvalue weighted by atomic mass is 16.2. The van der Waals surface area contributed by atoms with Gasteiger partial charge in [0, 0.05) is 33.7 Å². The zero-order chi connectivity index (χ0) is 15.7. The van der Waals surface area contributed by atoms with Crippen LogP contribution in [0.4, 0.5) is 5.69 Å². The topological polar surface area (TPSA) is 86.1 Å². The molecule has 0 bridgehead atoms. The first-order chi connectivity index (χ1) is 10.7. The van der Waals surface area contributed by atoms with Crippen molar-refractivity contribution >= 4 is 28.3 Å². The van der Waals surface area contributed by atoms with Gasteiger partial charge in [0.2, 0.25) is 0 Å². The summed E-state index contributed by atoms with van der Waals surface area (Å²) in [6, 6.07) is 8.45. The average Bonchev–Trinajstić information content (AvgIpc) is 2.53. The van der Waals surface area contributed by atoms with Crippen molar-refractivity contribution in [2.24, 2.45) is 5.11 Å². The van der Waals surface area contributed by atoms with Gasteiger partial charge in [-0.2, -0.15) is 0 Å². The van der Waals surface area contributed by atoms with Crippen LogP contribution in [0.3, 0.4) is 0 Å². The third kappa shape index (κ3) is 2.01. The summed E-state index contributed by atoms with van der Waals surface area (Å²) in [5.74, 6) is -0.565. The molecule has 0 saturated heterocycles. The summed E-state index contributed by atoms with van der Waals surface area (Å²) in [6.07, 6.45) is 1.68. The molecule has 22 heavy (non-hydrogen) atoms. The first-order valence-corrected chi connectivity index (χ1v) is 7.16. The molecule has 0 aromatic heterocycles. The molecule has 2 amide bonds. The first kappa shape index (κ1) is 14.1. The summed E-state index contributed by atoms with van der Waals surface area (Å²) in [6.45, 7) is 2.43. The maximum absolute atomic E-state index is 12.6. The molecule has 6 heteroatoms. The van der Waals surface area contributed by atoms with Gasteiger partial charge in [0.15, 0.2) is 0 Å². The van der Waals surface area contributed by atoms with Crippen LogP contribution < -0.4 is 0 Å². The SMILES string of the molecule is CCCCN1C(=O)c2cccc3c(N=[N+]=[N-])ccc(c23)C1=O. The summed E-state index contributed by atoms with van der Waals surface area (Å²) < 4.78 is 0. The fraction of sp³-hybridized carbons (Fsp3) is 0.250. The van der Waals surface area contributed by atoms with Gasteiger partial charge in [0.05, 0.1) is 0 Å². The predicted octanol–water partition coefficient (Wildman–Crippen LogP) is 4.18. The van der Waals surface area contributed by atoms with Crippen molar-refractivity contribution in [3.63, 3.8) is 0 Å². The van der Waals surface area contributed by atoms with Gasteiger partial charge in [0.25, 0.3) is 11.8 Å². The molecule has 110 valence electrons. The van der Waals surface area contributed by atoms with E-state index in [1.807, 2.05) is 6.92 Å². The first-order valence-electron chi connectivity index (χ1n) is 7.16. The quantitative estimate of drug-likeness (QED) is 0.366. The van der Waals surface area contributed by atoms with E-state index in [0.29, 0.717) is 34.1 Å². The minimum absolute atomic E-state index is 0.283. The average molecular weight is 294 g/mol. The van der Waals surface area contributed by atoms with Crippen molar-refractivity contribution in [3.05, 3.63) is 51.9 Å². The number of imide groups is 1. The number of azide groups is 1. The number of amides is 2. The minimum Gasteiger partial charge on any atom is -0.274 e. The summed E-state index contributed by atoms with van der Waals surface area (Å²) in [4.78, 5) is 29.3. The van der Waals surface area contributed by atoms with E-state index in [-0.39, 0.29) is 11.8 Å². The second kappa shape index (κ2) is 5.50. The molecule has 0 unspecified atom stereocenters. The van der Waals surface area contributed by atoms with Crippen molar-refractivity contribution in [2.75, 3.05) is 6.54 Å². The lowest BCUT2D eigenvalue weighted by atomic mass is 9.93. The van der Waals surface area contributed by atoms with Crippen molar-refractivity contribution in [2.45, 2.75) is 19.8 Å². The Morgan fingerprint density at radius 2 is 1.86 bits per heavy atom. The van der Waals surface area contributed by atoms with Crippen molar-refractivity contribution < 1.29 is 9.59 Å². The van der Waals surface area contributed by atoms with Crippen LogP contribution in [-0.2, 0) is 0 Å². The lowest BCUT2D eigenvalue weighted by molar-refractivity contribution is 0.0608. The molecule has 0 atom stereocenters. The smallest absolute Gasteiger partial charge is 0.261 e. The van der Waals surface area contributed by atoms with Crippen LogP contribution in [0.1, 0.15) is 40.5 Å². The van der Waals surface area contributed by atoms with Crippen LogP contribution >= 0.6 is 0 Å². The maximum atomic E-state index is 12.6. The van der Waals surface area contributed by atoms with Gasteiger partial charge >= 0.3 is 0 Å². The van der Waals surface area contributed by atoms with Crippen molar-refractivity contribution in [1.29, 1.82) is 0 Å². The van der Waals surface area contributed by atoms with Gasteiger partial charge in [-0.25, -0.2) is 0 Å². The van der Waals surface area contributed by atoms with Crippen LogP contribution in [0.2, 0.25) is 0 Å². The van der Waals surface area contributed by atoms with E-state index in [2.05, 4.69) is 10.0 Å². The standard InChI is InChI=1S/C16H14N4O2/c1-2-3-9-20-15(21)11-6-4-5-10-13(18-19-17)8-7-12(14(10)11)16(20)22/h4-8H,2-3,9H2,1H3.